The minimum absolute atomic E-state index is 0.00581. The summed E-state index contributed by atoms with van der Waals surface area (Å²) in [5, 5.41) is 8.76. The molecular weight excluding hydrogens is 393 g/mol. The number of halogens is 3. The second kappa shape index (κ2) is 10.4. The molecule has 0 saturated carbocycles. The van der Waals surface area contributed by atoms with E-state index < -0.39 is 11.7 Å². The van der Waals surface area contributed by atoms with Crippen molar-refractivity contribution in [1.82, 2.24) is 0 Å². The third-order valence-corrected chi connectivity index (χ3v) is 4.15. The number of aliphatic hydroxyl groups excluding tert-OH is 1. The van der Waals surface area contributed by atoms with Crippen LogP contribution in [0.15, 0.2) is 90.1 Å². The van der Waals surface area contributed by atoms with E-state index in [4.69, 9.17) is 5.11 Å². The number of aliphatic imine (C=N–C) groups is 1. The lowest BCUT2D eigenvalue weighted by Crippen LogP contribution is -2.18. The van der Waals surface area contributed by atoms with E-state index in [1.54, 1.807) is 60.5 Å². The van der Waals surface area contributed by atoms with Gasteiger partial charge < -0.3 is 10.0 Å². The van der Waals surface area contributed by atoms with Crippen molar-refractivity contribution in [2.45, 2.75) is 6.18 Å². The first kappa shape index (κ1) is 22.8. The second-order valence-electron chi connectivity index (χ2n) is 6.20. The normalized spacial score (nSPS) is 12.5. The molecule has 30 heavy (non-hydrogen) atoms. The van der Waals surface area contributed by atoms with Crippen LogP contribution in [0.5, 0.6) is 0 Å². The van der Waals surface area contributed by atoms with Crippen LogP contribution in [0.1, 0.15) is 11.1 Å². The maximum Gasteiger partial charge on any atom is 0.416 e. The quantitative estimate of drug-likeness (QED) is 0.372. The minimum Gasteiger partial charge on any atom is -0.392 e. The number of nitrogens with zero attached hydrogens (tertiary/aromatic N) is 2. The van der Waals surface area contributed by atoms with E-state index in [9.17, 15) is 18.0 Å². The van der Waals surface area contributed by atoms with E-state index in [0.717, 1.165) is 12.1 Å². The van der Waals surface area contributed by atoms with Crippen molar-refractivity contribution >= 4 is 23.4 Å². The van der Waals surface area contributed by atoms with Gasteiger partial charge in [-0.15, -0.1) is 0 Å². The molecule has 0 heterocycles. The molecule has 156 valence electrons. The Labute approximate surface area is 173 Å². The summed E-state index contributed by atoms with van der Waals surface area (Å²) in [7, 11) is 1.74. The number of alkyl halides is 3. The minimum atomic E-state index is -4.50. The smallest absolute Gasteiger partial charge is 0.392 e. The van der Waals surface area contributed by atoms with Gasteiger partial charge in [-0.1, -0.05) is 49.1 Å². The predicted octanol–water partition coefficient (Wildman–Crippen LogP) is 5.08. The zero-order valence-corrected chi connectivity index (χ0v) is 16.3. The summed E-state index contributed by atoms with van der Waals surface area (Å²) in [5.41, 5.74) is 0.832. The van der Waals surface area contributed by atoms with E-state index >= 15 is 0 Å². The van der Waals surface area contributed by atoms with Crippen LogP contribution in [0.3, 0.4) is 0 Å². The molecule has 7 heteroatoms. The number of carbonyl (C=O) groups excluding carboxylic acids is 1. The maximum atomic E-state index is 13.0. The number of hydrogen-bond acceptors (Lipinski definition) is 4. The molecule has 2 rings (SSSR count). The Hall–Kier alpha value is -3.45. The standard InChI is InChI=1S/C23H21F3N2O2/c1-17(9-4-3-7-14-29)28(2)22-13-6-5-12-20(22)21(16-30)27-19-11-8-10-18(15-19)23(24,25)26/h3-13,15-16,29H,1,14H2,2H3/b7-3-,9-4-,27-21?. The number of anilines is 1. The molecule has 0 atom stereocenters. The predicted molar refractivity (Wildman–Crippen MR) is 113 cm³/mol. The summed E-state index contributed by atoms with van der Waals surface area (Å²) >= 11 is 0. The summed E-state index contributed by atoms with van der Waals surface area (Å²) in [4.78, 5) is 17.6. The van der Waals surface area contributed by atoms with Crippen molar-refractivity contribution in [2.24, 2.45) is 4.99 Å². The Bertz CT molecular complexity index is 992. The van der Waals surface area contributed by atoms with E-state index in [2.05, 4.69) is 11.6 Å². The summed E-state index contributed by atoms with van der Waals surface area (Å²) < 4.78 is 38.9. The van der Waals surface area contributed by atoms with Crippen LogP contribution in [-0.2, 0) is 11.0 Å². The van der Waals surface area contributed by atoms with Crippen LogP contribution in [-0.4, -0.2) is 30.8 Å². The molecule has 0 radical (unpaired) electrons. The second-order valence-corrected chi connectivity index (χ2v) is 6.20. The third kappa shape index (κ3) is 6.02. The Kier molecular flexibility index (Phi) is 7.89. The summed E-state index contributed by atoms with van der Waals surface area (Å²) in [6.07, 6.45) is 2.65. The van der Waals surface area contributed by atoms with Crippen LogP contribution in [0.25, 0.3) is 0 Å². The largest absolute Gasteiger partial charge is 0.416 e. The maximum absolute atomic E-state index is 13.0. The average molecular weight is 414 g/mol. The molecule has 0 bridgehead atoms. The molecule has 0 aliphatic rings. The number of carbonyl (C=O) groups is 1. The van der Waals surface area contributed by atoms with Crippen molar-refractivity contribution in [1.29, 1.82) is 0 Å². The molecule has 0 unspecified atom stereocenters. The summed E-state index contributed by atoms with van der Waals surface area (Å²) in [6, 6.07) is 11.4. The van der Waals surface area contributed by atoms with Crippen LogP contribution < -0.4 is 4.90 Å². The first-order valence-corrected chi connectivity index (χ1v) is 8.95. The van der Waals surface area contributed by atoms with Gasteiger partial charge in [-0.3, -0.25) is 4.79 Å². The number of aldehydes is 1. The molecule has 0 amide bonds. The topological polar surface area (TPSA) is 52.9 Å². The number of hydrogen-bond donors (Lipinski definition) is 1. The number of likely N-dealkylation sites (N-methyl/N-ethyl adjacent to an activating group) is 1. The molecule has 2 aromatic carbocycles. The van der Waals surface area contributed by atoms with Gasteiger partial charge in [0.1, 0.15) is 5.71 Å². The lowest BCUT2D eigenvalue weighted by atomic mass is 10.1. The van der Waals surface area contributed by atoms with E-state index in [0.29, 0.717) is 23.2 Å². The Balaban J connectivity index is 2.42. The fourth-order valence-electron chi connectivity index (χ4n) is 2.60. The number of rotatable bonds is 8. The van der Waals surface area contributed by atoms with Gasteiger partial charge in [-0.2, -0.15) is 13.2 Å². The van der Waals surface area contributed by atoms with Crippen molar-refractivity contribution < 1.29 is 23.1 Å². The van der Waals surface area contributed by atoms with E-state index in [1.165, 1.54) is 12.1 Å². The fraction of sp³-hybridized carbons (Fsp3) is 0.130. The highest BCUT2D eigenvalue weighted by Gasteiger charge is 2.30. The molecule has 1 N–H and O–H groups in total. The molecule has 0 fully saturated rings. The summed E-state index contributed by atoms with van der Waals surface area (Å²) in [5.74, 6) is 0. The van der Waals surface area contributed by atoms with E-state index in [-0.39, 0.29) is 18.0 Å². The van der Waals surface area contributed by atoms with Crippen molar-refractivity contribution in [3.8, 4) is 0 Å². The van der Waals surface area contributed by atoms with Crippen LogP contribution in [0, 0.1) is 0 Å². The average Bonchev–Trinajstić information content (AvgIpc) is 2.74. The van der Waals surface area contributed by atoms with Gasteiger partial charge in [0.25, 0.3) is 0 Å². The Morgan fingerprint density at radius 2 is 1.90 bits per heavy atom. The zero-order valence-electron chi connectivity index (χ0n) is 16.3. The van der Waals surface area contributed by atoms with Crippen LogP contribution in [0.4, 0.5) is 24.5 Å². The van der Waals surface area contributed by atoms with Crippen molar-refractivity contribution in [3.63, 3.8) is 0 Å². The van der Waals surface area contributed by atoms with Gasteiger partial charge in [0.15, 0.2) is 6.29 Å². The highest BCUT2D eigenvalue weighted by molar-refractivity contribution is 6.38. The molecule has 0 aliphatic heterocycles. The lowest BCUT2D eigenvalue weighted by molar-refractivity contribution is -0.137. The number of para-hydroxylation sites is 1. The lowest BCUT2D eigenvalue weighted by Gasteiger charge is -2.22. The first-order valence-electron chi connectivity index (χ1n) is 8.95. The Morgan fingerprint density at radius 1 is 1.17 bits per heavy atom. The third-order valence-electron chi connectivity index (χ3n) is 4.15. The molecule has 4 nitrogen and oxygen atoms in total. The number of allylic oxidation sites excluding steroid dienone is 3. The van der Waals surface area contributed by atoms with Crippen molar-refractivity contribution in [2.75, 3.05) is 18.6 Å². The van der Waals surface area contributed by atoms with Crippen molar-refractivity contribution in [3.05, 3.63) is 96.2 Å². The number of benzene rings is 2. The SMILES string of the molecule is C=C(/C=C\C=C/CO)N(C)c1ccccc1C(C=O)=Nc1cccc(C(F)(F)F)c1. The highest BCUT2D eigenvalue weighted by Crippen LogP contribution is 2.32. The van der Waals surface area contributed by atoms with Gasteiger partial charge in [-0.25, -0.2) is 4.99 Å². The summed E-state index contributed by atoms with van der Waals surface area (Å²) in [6.45, 7) is 3.89. The first-order chi connectivity index (χ1) is 14.3. The highest BCUT2D eigenvalue weighted by atomic mass is 19.4. The monoisotopic (exact) mass is 414 g/mol. The van der Waals surface area contributed by atoms with Crippen LogP contribution >= 0.6 is 0 Å². The van der Waals surface area contributed by atoms with E-state index in [1.807, 2.05) is 0 Å². The molecule has 0 saturated heterocycles. The Morgan fingerprint density at radius 3 is 2.57 bits per heavy atom. The number of aliphatic hydroxyl groups is 1. The zero-order chi connectivity index (χ0) is 22.1. The van der Waals surface area contributed by atoms with Gasteiger partial charge in [0.2, 0.25) is 0 Å². The molecule has 0 aliphatic carbocycles. The molecule has 0 aromatic heterocycles. The van der Waals surface area contributed by atoms with Gasteiger partial charge >= 0.3 is 6.18 Å². The van der Waals surface area contributed by atoms with Crippen LogP contribution in [0.2, 0.25) is 0 Å². The van der Waals surface area contributed by atoms with Gasteiger partial charge in [-0.05, 0) is 30.3 Å². The molecule has 0 spiro atoms. The van der Waals surface area contributed by atoms with Gasteiger partial charge in [0, 0.05) is 18.3 Å². The van der Waals surface area contributed by atoms with Gasteiger partial charge in [0.05, 0.1) is 23.5 Å². The molecule has 2 aromatic rings. The molecular formula is C23H21F3N2O2. The fourth-order valence-corrected chi connectivity index (χ4v) is 2.60.